The van der Waals surface area contributed by atoms with Gasteiger partial charge in [-0.2, -0.15) is 0 Å². The smallest absolute Gasteiger partial charge is 0.127 e. The lowest BCUT2D eigenvalue weighted by atomic mass is 9.98. The van der Waals surface area contributed by atoms with Crippen molar-refractivity contribution in [2.45, 2.75) is 38.9 Å². The van der Waals surface area contributed by atoms with Gasteiger partial charge in [0.15, 0.2) is 0 Å². The Balaban J connectivity index is 2.22. The van der Waals surface area contributed by atoms with E-state index in [1.165, 1.54) is 22.3 Å². The molecule has 0 unspecified atom stereocenters. The van der Waals surface area contributed by atoms with Gasteiger partial charge in [0, 0.05) is 5.33 Å². The molecule has 0 bridgehead atoms. The molecule has 0 heterocycles. The van der Waals surface area contributed by atoms with Gasteiger partial charge in [-0.25, -0.2) is 0 Å². The molecule has 0 aliphatic rings. The molecule has 0 atom stereocenters. The molecule has 0 aliphatic heterocycles. The summed E-state index contributed by atoms with van der Waals surface area (Å²) in [5, 5.41) is 0.876. The summed E-state index contributed by atoms with van der Waals surface area (Å²) in [6.45, 7) is 8.67. The highest BCUT2D eigenvalue weighted by atomic mass is 79.9. The van der Waals surface area contributed by atoms with Crippen LogP contribution in [0.3, 0.4) is 0 Å². The van der Waals surface area contributed by atoms with E-state index in [2.05, 4.69) is 74.0 Å². The van der Waals surface area contributed by atoms with Crippen LogP contribution >= 0.6 is 15.9 Å². The number of rotatable bonds is 4. The van der Waals surface area contributed by atoms with E-state index in [0.29, 0.717) is 5.92 Å². The van der Waals surface area contributed by atoms with Crippen molar-refractivity contribution >= 4 is 15.9 Å². The molecule has 2 aromatic carbocycles. The van der Waals surface area contributed by atoms with Crippen molar-refractivity contribution in [2.75, 3.05) is 0 Å². The minimum Gasteiger partial charge on any atom is -0.457 e. The van der Waals surface area contributed by atoms with E-state index in [0.717, 1.165) is 16.8 Å². The van der Waals surface area contributed by atoms with E-state index in [-0.39, 0.29) is 0 Å². The number of ether oxygens (including phenoxy) is 1. The van der Waals surface area contributed by atoms with Crippen molar-refractivity contribution in [2.24, 2.45) is 0 Å². The standard InChI is InChI=1S/C18H21BrO/c1-12(2)18-8-7-17(10-14(18)4)20-16-6-5-15(11-19)13(3)9-16/h5-10,12H,11H2,1-4H3. The number of alkyl halides is 1. The van der Waals surface area contributed by atoms with Gasteiger partial charge in [0.2, 0.25) is 0 Å². The molecule has 2 rings (SSSR count). The molecule has 0 radical (unpaired) electrons. The summed E-state index contributed by atoms with van der Waals surface area (Å²) >= 11 is 3.49. The Morgan fingerprint density at radius 2 is 1.55 bits per heavy atom. The summed E-state index contributed by atoms with van der Waals surface area (Å²) in [4.78, 5) is 0. The number of benzene rings is 2. The van der Waals surface area contributed by atoms with Crippen LogP contribution < -0.4 is 4.74 Å². The molecule has 106 valence electrons. The maximum Gasteiger partial charge on any atom is 0.127 e. The largest absolute Gasteiger partial charge is 0.457 e. The summed E-state index contributed by atoms with van der Waals surface area (Å²) in [5.74, 6) is 2.34. The van der Waals surface area contributed by atoms with Gasteiger partial charge in [-0.1, -0.05) is 41.9 Å². The first-order valence-electron chi connectivity index (χ1n) is 6.95. The molecule has 0 saturated heterocycles. The third-order valence-electron chi connectivity index (χ3n) is 3.56. The molecule has 20 heavy (non-hydrogen) atoms. The Labute approximate surface area is 130 Å². The fourth-order valence-corrected chi connectivity index (χ4v) is 3.01. The first-order chi connectivity index (χ1) is 9.51. The molecular weight excluding hydrogens is 312 g/mol. The second-order valence-corrected chi connectivity index (χ2v) is 6.06. The monoisotopic (exact) mass is 332 g/mol. The number of hydrogen-bond donors (Lipinski definition) is 0. The number of hydrogen-bond acceptors (Lipinski definition) is 1. The number of aryl methyl sites for hydroxylation is 2. The predicted octanol–water partition coefficient (Wildman–Crippen LogP) is 6.11. The summed E-state index contributed by atoms with van der Waals surface area (Å²) in [5.41, 5.74) is 5.20. The van der Waals surface area contributed by atoms with Crippen LogP contribution in [0.2, 0.25) is 0 Å². The zero-order valence-electron chi connectivity index (χ0n) is 12.5. The average molecular weight is 333 g/mol. The van der Waals surface area contributed by atoms with Crippen molar-refractivity contribution in [3.63, 3.8) is 0 Å². The van der Waals surface area contributed by atoms with Crippen LogP contribution in [0.1, 0.15) is 42.0 Å². The second-order valence-electron chi connectivity index (χ2n) is 5.50. The molecule has 0 N–H and O–H groups in total. The third kappa shape index (κ3) is 3.43. The zero-order valence-corrected chi connectivity index (χ0v) is 14.1. The van der Waals surface area contributed by atoms with Crippen molar-refractivity contribution in [1.82, 2.24) is 0 Å². The fourth-order valence-electron chi connectivity index (χ4n) is 2.38. The quantitative estimate of drug-likeness (QED) is 0.613. The van der Waals surface area contributed by atoms with Crippen LogP contribution in [0.5, 0.6) is 11.5 Å². The zero-order chi connectivity index (χ0) is 14.7. The van der Waals surface area contributed by atoms with Crippen LogP contribution in [-0.4, -0.2) is 0 Å². The maximum absolute atomic E-state index is 5.96. The lowest BCUT2D eigenvalue weighted by Crippen LogP contribution is -1.93. The highest BCUT2D eigenvalue weighted by Gasteiger charge is 2.06. The summed E-state index contributed by atoms with van der Waals surface area (Å²) in [7, 11) is 0. The Morgan fingerprint density at radius 3 is 2.05 bits per heavy atom. The molecular formula is C18H21BrO. The van der Waals surface area contributed by atoms with Crippen LogP contribution in [-0.2, 0) is 5.33 Å². The first-order valence-corrected chi connectivity index (χ1v) is 8.07. The third-order valence-corrected chi connectivity index (χ3v) is 4.16. The van der Waals surface area contributed by atoms with Crippen LogP contribution in [0.25, 0.3) is 0 Å². The van der Waals surface area contributed by atoms with Crippen molar-refractivity contribution in [3.05, 3.63) is 58.7 Å². The van der Waals surface area contributed by atoms with Gasteiger partial charge in [-0.3, -0.25) is 0 Å². The predicted molar refractivity (Wildman–Crippen MR) is 89.2 cm³/mol. The molecule has 0 aromatic heterocycles. The minimum absolute atomic E-state index is 0.546. The van der Waals surface area contributed by atoms with Gasteiger partial charge >= 0.3 is 0 Å². The Kier molecular flexibility index (Phi) is 4.87. The average Bonchev–Trinajstić information content (AvgIpc) is 2.38. The molecule has 0 aliphatic carbocycles. The lowest BCUT2D eigenvalue weighted by molar-refractivity contribution is 0.481. The summed E-state index contributed by atoms with van der Waals surface area (Å²) in [6, 6.07) is 12.5. The van der Waals surface area contributed by atoms with Gasteiger partial charge < -0.3 is 4.74 Å². The van der Waals surface area contributed by atoms with Gasteiger partial charge in [-0.05, 0) is 66.3 Å². The van der Waals surface area contributed by atoms with E-state index in [9.17, 15) is 0 Å². The lowest BCUT2D eigenvalue weighted by Gasteiger charge is -2.13. The molecule has 2 heteroatoms. The van der Waals surface area contributed by atoms with Crippen LogP contribution in [0.4, 0.5) is 0 Å². The van der Waals surface area contributed by atoms with Gasteiger partial charge in [0.05, 0.1) is 0 Å². The van der Waals surface area contributed by atoms with Crippen LogP contribution in [0, 0.1) is 13.8 Å². The first kappa shape index (κ1) is 15.1. The van der Waals surface area contributed by atoms with Gasteiger partial charge in [0.25, 0.3) is 0 Å². The number of halogens is 1. The molecule has 2 aromatic rings. The second kappa shape index (κ2) is 6.45. The van der Waals surface area contributed by atoms with E-state index in [4.69, 9.17) is 4.74 Å². The summed E-state index contributed by atoms with van der Waals surface area (Å²) < 4.78 is 5.96. The Bertz CT molecular complexity index is 602. The Morgan fingerprint density at radius 1 is 0.950 bits per heavy atom. The Hall–Kier alpha value is -1.28. The molecule has 0 spiro atoms. The highest BCUT2D eigenvalue weighted by Crippen LogP contribution is 2.28. The van der Waals surface area contributed by atoms with E-state index < -0.39 is 0 Å². The molecule has 0 fully saturated rings. The van der Waals surface area contributed by atoms with Crippen molar-refractivity contribution < 1.29 is 4.74 Å². The SMILES string of the molecule is Cc1cc(Oc2ccc(C(C)C)c(C)c2)ccc1CBr. The summed E-state index contributed by atoms with van der Waals surface area (Å²) in [6.07, 6.45) is 0. The molecule has 0 saturated carbocycles. The normalized spacial score (nSPS) is 10.9. The van der Waals surface area contributed by atoms with E-state index >= 15 is 0 Å². The fraction of sp³-hybridized carbons (Fsp3) is 0.333. The van der Waals surface area contributed by atoms with E-state index in [1.54, 1.807) is 0 Å². The van der Waals surface area contributed by atoms with Crippen molar-refractivity contribution in [1.29, 1.82) is 0 Å². The molecule has 1 nitrogen and oxygen atoms in total. The minimum atomic E-state index is 0.546. The van der Waals surface area contributed by atoms with Gasteiger partial charge in [0.1, 0.15) is 11.5 Å². The topological polar surface area (TPSA) is 9.23 Å². The van der Waals surface area contributed by atoms with Crippen molar-refractivity contribution in [3.8, 4) is 11.5 Å². The maximum atomic E-state index is 5.96. The van der Waals surface area contributed by atoms with Crippen LogP contribution in [0.15, 0.2) is 36.4 Å². The van der Waals surface area contributed by atoms with Gasteiger partial charge in [-0.15, -0.1) is 0 Å². The van der Waals surface area contributed by atoms with E-state index in [1.807, 2.05) is 6.07 Å². The highest BCUT2D eigenvalue weighted by molar-refractivity contribution is 9.08. The molecule has 0 amide bonds.